The minimum absolute atomic E-state index is 0.779. The van der Waals surface area contributed by atoms with E-state index < -0.39 is 0 Å². The monoisotopic (exact) mass is 311 g/mol. The third-order valence-corrected chi connectivity index (χ3v) is 3.80. The van der Waals surface area contributed by atoms with Gasteiger partial charge < -0.3 is 9.88 Å². The van der Waals surface area contributed by atoms with Gasteiger partial charge in [0.15, 0.2) is 0 Å². The first kappa shape index (κ1) is 13.3. The fraction of sp³-hybridized carbons (Fsp3) is 0.500. The molecule has 0 radical (unpaired) electrons. The standard InChI is InChI=1S/C12H18BrN5/c1-4-10-12(13)11(17(3)16-10)7-18-6-9(5-14-2)15-8-18/h6,8,14H,4-5,7H2,1-3H3. The van der Waals surface area contributed by atoms with Crippen molar-refractivity contribution in [1.29, 1.82) is 0 Å². The number of halogens is 1. The van der Waals surface area contributed by atoms with E-state index in [9.17, 15) is 0 Å². The number of nitrogens with zero attached hydrogens (tertiary/aromatic N) is 4. The number of aryl methyl sites for hydroxylation is 2. The molecule has 0 aromatic carbocycles. The summed E-state index contributed by atoms with van der Waals surface area (Å²) in [6, 6.07) is 0. The summed E-state index contributed by atoms with van der Waals surface area (Å²) >= 11 is 3.63. The van der Waals surface area contributed by atoms with Crippen LogP contribution >= 0.6 is 15.9 Å². The zero-order valence-electron chi connectivity index (χ0n) is 10.9. The molecule has 2 aromatic heterocycles. The second-order valence-corrected chi connectivity index (χ2v) is 5.05. The van der Waals surface area contributed by atoms with Gasteiger partial charge in [0.1, 0.15) is 0 Å². The first-order valence-corrected chi connectivity index (χ1v) is 6.80. The molecule has 0 atom stereocenters. The maximum atomic E-state index is 4.49. The van der Waals surface area contributed by atoms with Gasteiger partial charge in [-0.3, -0.25) is 4.68 Å². The number of aromatic nitrogens is 4. The van der Waals surface area contributed by atoms with Crippen molar-refractivity contribution in [1.82, 2.24) is 24.6 Å². The minimum atomic E-state index is 0.779. The van der Waals surface area contributed by atoms with Crippen LogP contribution in [0.2, 0.25) is 0 Å². The molecule has 0 saturated carbocycles. The average molecular weight is 312 g/mol. The van der Waals surface area contributed by atoms with Crippen LogP contribution < -0.4 is 5.32 Å². The molecule has 18 heavy (non-hydrogen) atoms. The average Bonchev–Trinajstić information content (AvgIpc) is 2.89. The van der Waals surface area contributed by atoms with Crippen LogP contribution in [0, 0.1) is 0 Å². The van der Waals surface area contributed by atoms with Crippen LogP contribution in [0.15, 0.2) is 17.0 Å². The van der Waals surface area contributed by atoms with Gasteiger partial charge in [0, 0.05) is 19.8 Å². The Labute approximate surface area is 115 Å². The lowest BCUT2D eigenvalue weighted by Crippen LogP contribution is -2.06. The lowest BCUT2D eigenvalue weighted by atomic mass is 10.3. The number of hydrogen-bond donors (Lipinski definition) is 1. The van der Waals surface area contributed by atoms with E-state index in [1.807, 2.05) is 25.1 Å². The van der Waals surface area contributed by atoms with Crippen molar-refractivity contribution in [3.63, 3.8) is 0 Å². The molecule has 6 heteroatoms. The van der Waals surface area contributed by atoms with Crippen molar-refractivity contribution in [2.75, 3.05) is 7.05 Å². The highest BCUT2D eigenvalue weighted by molar-refractivity contribution is 9.10. The lowest BCUT2D eigenvalue weighted by Gasteiger charge is -2.03. The Kier molecular flexibility index (Phi) is 4.19. The van der Waals surface area contributed by atoms with Crippen molar-refractivity contribution in [3.05, 3.63) is 34.1 Å². The van der Waals surface area contributed by atoms with E-state index in [1.165, 1.54) is 5.69 Å². The van der Waals surface area contributed by atoms with E-state index in [2.05, 4.69) is 49.0 Å². The molecule has 0 unspecified atom stereocenters. The molecule has 0 aliphatic carbocycles. The SMILES string of the molecule is CCc1nn(C)c(Cn2cnc(CNC)c2)c1Br. The van der Waals surface area contributed by atoms with E-state index in [1.54, 1.807) is 0 Å². The van der Waals surface area contributed by atoms with Gasteiger partial charge in [0.25, 0.3) is 0 Å². The van der Waals surface area contributed by atoms with Gasteiger partial charge in [-0.15, -0.1) is 0 Å². The van der Waals surface area contributed by atoms with Crippen LogP contribution in [0.1, 0.15) is 24.0 Å². The predicted octanol–water partition coefficient (Wildman–Crippen LogP) is 1.71. The molecule has 0 aliphatic heterocycles. The summed E-state index contributed by atoms with van der Waals surface area (Å²) in [5.74, 6) is 0. The molecule has 2 heterocycles. The largest absolute Gasteiger partial charge is 0.331 e. The van der Waals surface area contributed by atoms with Crippen LogP contribution in [0.25, 0.3) is 0 Å². The molecular formula is C12H18BrN5. The first-order valence-electron chi connectivity index (χ1n) is 6.01. The zero-order chi connectivity index (χ0) is 13.1. The van der Waals surface area contributed by atoms with Gasteiger partial charge in [-0.25, -0.2) is 4.98 Å². The Morgan fingerprint density at radius 1 is 1.44 bits per heavy atom. The van der Waals surface area contributed by atoms with Crippen molar-refractivity contribution in [2.24, 2.45) is 7.05 Å². The van der Waals surface area contributed by atoms with Crippen molar-refractivity contribution in [2.45, 2.75) is 26.4 Å². The van der Waals surface area contributed by atoms with E-state index in [0.29, 0.717) is 0 Å². The summed E-state index contributed by atoms with van der Waals surface area (Å²) in [5.41, 5.74) is 3.31. The molecule has 98 valence electrons. The van der Waals surface area contributed by atoms with Crippen molar-refractivity contribution in [3.8, 4) is 0 Å². The fourth-order valence-corrected chi connectivity index (χ4v) is 2.67. The Hall–Kier alpha value is -1.14. The minimum Gasteiger partial charge on any atom is -0.331 e. The third kappa shape index (κ3) is 2.64. The molecule has 0 spiro atoms. The van der Waals surface area contributed by atoms with Gasteiger partial charge in [0.2, 0.25) is 0 Å². The molecule has 1 N–H and O–H groups in total. The molecule has 0 amide bonds. The van der Waals surface area contributed by atoms with Crippen LogP contribution in [-0.2, 0) is 26.6 Å². The highest BCUT2D eigenvalue weighted by atomic mass is 79.9. The summed E-state index contributed by atoms with van der Waals surface area (Å²) < 4.78 is 5.12. The number of nitrogens with one attached hydrogen (secondary N) is 1. The van der Waals surface area contributed by atoms with Gasteiger partial charge in [-0.2, -0.15) is 5.10 Å². The summed E-state index contributed by atoms with van der Waals surface area (Å²) in [7, 11) is 3.90. The maximum Gasteiger partial charge on any atom is 0.0953 e. The molecular weight excluding hydrogens is 294 g/mol. The Bertz CT molecular complexity index is 529. The lowest BCUT2D eigenvalue weighted by molar-refractivity contribution is 0.658. The topological polar surface area (TPSA) is 47.7 Å². The summed E-state index contributed by atoms with van der Waals surface area (Å²) in [6.07, 6.45) is 4.85. The molecule has 0 aliphatic rings. The fourth-order valence-electron chi connectivity index (χ4n) is 1.93. The molecule has 2 aromatic rings. The highest BCUT2D eigenvalue weighted by Crippen LogP contribution is 2.22. The smallest absolute Gasteiger partial charge is 0.0953 e. The van der Waals surface area contributed by atoms with Gasteiger partial charge in [0.05, 0.1) is 34.4 Å². The molecule has 0 bridgehead atoms. The van der Waals surface area contributed by atoms with Gasteiger partial charge in [-0.1, -0.05) is 6.92 Å². The second-order valence-electron chi connectivity index (χ2n) is 4.25. The molecule has 2 rings (SSSR count). The van der Waals surface area contributed by atoms with E-state index >= 15 is 0 Å². The Balaban J connectivity index is 2.20. The van der Waals surface area contributed by atoms with Crippen molar-refractivity contribution >= 4 is 15.9 Å². The summed E-state index contributed by atoms with van der Waals surface area (Å²) in [5, 5.41) is 7.59. The predicted molar refractivity (Wildman–Crippen MR) is 74.4 cm³/mol. The van der Waals surface area contributed by atoms with Crippen molar-refractivity contribution < 1.29 is 0 Å². The van der Waals surface area contributed by atoms with E-state index in [4.69, 9.17) is 0 Å². The Morgan fingerprint density at radius 2 is 2.22 bits per heavy atom. The van der Waals surface area contributed by atoms with Gasteiger partial charge in [-0.05, 0) is 29.4 Å². The maximum absolute atomic E-state index is 4.49. The number of rotatable bonds is 5. The van der Waals surface area contributed by atoms with Gasteiger partial charge >= 0.3 is 0 Å². The van der Waals surface area contributed by atoms with Crippen LogP contribution in [0.4, 0.5) is 0 Å². The number of hydrogen-bond acceptors (Lipinski definition) is 3. The molecule has 0 saturated heterocycles. The van der Waals surface area contributed by atoms with Crippen LogP contribution in [0.5, 0.6) is 0 Å². The number of imidazole rings is 1. The highest BCUT2D eigenvalue weighted by Gasteiger charge is 2.12. The van der Waals surface area contributed by atoms with E-state index in [-0.39, 0.29) is 0 Å². The third-order valence-electron chi connectivity index (χ3n) is 2.88. The van der Waals surface area contributed by atoms with Crippen LogP contribution in [0.3, 0.4) is 0 Å². The quantitative estimate of drug-likeness (QED) is 0.914. The molecule has 5 nitrogen and oxygen atoms in total. The summed E-state index contributed by atoms with van der Waals surface area (Å²) in [6.45, 7) is 3.68. The molecule has 0 fully saturated rings. The normalized spacial score (nSPS) is 11.1. The second kappa shape index (κ2) is 5.67. The summed E-state index contributed by atoms with van der Waals surface area (Å²) in [4.78, 5) is 4.34. The van der Waals surface area contributed by atoms with Crippen LogP contribution in [-0.4, -0.2) is 26.4 Å². The van der Waals surface area contributed by atoms with E-state index in [0.717, 1.165) is 35.4 Å². The zero-order valence-corrected chi connectivity index (χ0v) is 12.5. The first-order chi connectivity index (χ1) is 8.65. The Morgan fingerprint density at radius 3 is 2.83 bits per heavy atom.